The van der Waals surface area contributed by atoms with E-state index in [1.165, 1.54) is 4.90 Å². The molecule has 1 saturated heterocycles. The van der Waals surface area contributed by atoms with Gasteiger partial charge in [0, 0.05) is 29.5 Å². The molecule has 0 spiro atoms. The number of phenols is 1. The zero-order valence-corrected chi connectivity index (χ0v) is 23.3. The smallest absolute Gasteiger partial charge is 0.255 e. The minimum Gasteiger partial charge on any atom is -0.508 e. The van der Waals surface area contributed by atoms with Gasteiger partial charge < -0.3 is 26.2 Å². The van der Waals surface area contributed by atoms with E-state index in [1.807, 2.05) is 24.3 Å². The van der Waals surface area contributed by atoms with Gasteiger partial charge in [-0.15, -0.1) is 0 Å². The summed E-state index contributed by atoms with van der Waals surface area (Å²) in [4.78, 5) is 43.2. The van der Waals surface area contributed by atoms with Gasteiger partial charge in [0.2, 0.25) is 5.78 Å². The molecule has 2 aromatic rings. The highest BCUT2D eigenvalue weighted by molar-refractivity contribution is 6.24. The number of aromatic hydroxyl groups is 1. The molecule has 4 aliphatic rings. The zero-order chi connectivity index (χ0) is 29.5. The number of carbonyl (C=O) groups is 3. The van der Waals surface area contributed by atoms with Gasteiger partial charge in [0.25, 0.3) is 5.91 Å². The number of primary amides is 1. The molecule has 0 unspecified atom stereocenters. The van der Waals surface area contributed by atoms with Crippen LogP contribution in [-0.2, 0) is 27.3 Å². The number of rotatable bonds is 4. The normalized spacial score (nSPS) is 30.2. The molecule has 6 N–H and O–H groups in total. The van der Waals surface area contributed by atoms with Gasteiger partial charge in [-0.3, -0.25) is 24.2 Å². The van der Waals surface area contributed by atoms with Crippen LogP contribution in [0, 0.1) is 11.8 Å². The van der Waals surface area contributed by atoms with Crippen molar-refractivity contribution in [2.45, 2.75) is 56.8 Å². The van der Waals surface area contributed by atoms with Crippen LogP contribution in [0.3, 0.4) is 0 Å². The number of nitrogens with zero attached hydrogens (tertiary/aromatic N) is 2. The van der Waals surface area contributed by atoms with Crippen molar-refractivity contribution in [3.8, 4) is 5.75 Å². The summed E-state index contributed by atoms with van der Waals surface area (Å²) in [6, 6.07) is 7.14. The fraction of sp³-hybridized carbons (Fsp3) is 0.452. The van der Waals surface area contributed by atoms with Crippen LogP contribution in [0.15, 0.2) is 41.2 Å². The fourth-order valence-corrected chi connectivity index (χ4v) is 7.62. The molecular formula is C31H35N3O7. The molecule has 2 fully saturated rings. The van der Waals surface area contributed by atoms with Gasteiger partial charge in [0.1, 0.15) is 22.8 Å². The van der Waals surface area contributed by atoms with E-state index in [9.17, 15) is 34.8 Å². The Kier molecular flexibility index (Phi) is 6.29. The minimum absolute atomic E-state index is 0.0670. The second-order valence-corrected chi connectivity index (χ2v) is 12.2. The Labute approximate surface area is 237 Å². The van der Waals surface area contributed by atoms with E-state index in [0.717, 1.165) is 36.9 Å². The second kappa shape index (κ2) is 9.40. The van der Waals surface area contributed by atoms with E-state index in [2.05, 4.69) is 11.8 Å². The molecule has 1 amide bonds. The predicted octanol–water partition coefficient (Wildman–Crippen LogP) is 2.10. The summed E-state index contributed by atoms with van der Waals surface area (Å²) in [5.41, 5.74) is 3.55. The number of likely N-dealkylation sites (tertiary alicyclic amines) is 1. The maximum Gasteiger partial charge on any atom is 0.255 e. The molecule has 1 saturated carbocycles. The number of hydrogen-bond donors (Lipinski definition) is 5. The molecule has 216 valence electrons. The molecule has 5 atom stereocenters. The average Bonchev–Trinajstić information content (AvgIpc) is 3.30. The van der Waals surface area contributed by atoms with Crippen LogP contribution in [0.25, 0.3) is 16.5 Å². The Morgan fingerprint density at radius 3 is 2.54 bits per heavy atom. The van der Waals surface area contributed by atoms with E-state index in [0.29, 0.717) is 17.0 Å². The Balaban J connectivity index is 1.48. The van der Waals surface area contributed by atoms with Crippen molar-refractivity contribution in [3.05, 3.63) is 57.9 Å². The summed E-state index contributed by atoms with van der Waals surface area (Å²) in [6.07, 6.45) is 2.63. The van der Waals surface area contributed by atoms with Crippen molar-refractivity contribution in [2.75, 3.05) is 20.6 Å². The standard InChI is InChI=1S/C31H35N3O7/c1-14-5-4-8-34(14)13-15-6-7-16-10-17-11-18-12-20-24(33(2)3)27(37)23(30(32)40)29(39)31(20,41)28(38)22(18)26(36)21(17)25(35)19(16)9-15/h6-7,9-10,14,18,20,24,35-36,39,41H,4-5,8,11-13H2,1-3H3,(H2,32,40)/t14-,18+,20+,24+,31+/m1/s1. The van der Waals surface area contributed by atoms with Gasteiger partial charge in [-0.25, -0.2) is 0 Å². The highest BCUT2D eigenvalue weighted by Gasteiger charge is 2.64. The quantitative estimate of drug-likeness (QED) is 0.352. The Morgan fingerprint density at radius 2 is 1.90 bits per heavy atom. The molecule has 3 aliphatic carbocycles. The number of nitrogens with two attached hydrogens (primary N) is 1. The number of amides is 1. The molecule has 0 aromatic heterocycles. The van der Waals surface area contributed by atoms with Crippen LogP contribution < -0.4 is 5.73 Å². The maximum atomic E-state index is 14.0. The van der Waals surface area contributed by atoms with Crippen LogP contribution in [0.4, 0.5) is 0 Å². The van der Waals surface area contributed by atoms with Gasteiger partial charge in [0.15, 0.2) is 11.4 Å². The number of aliphatic hydroxyl groups is 3. The summed E-state index contributed by atoms with van der Waals surface area (Å²) in [5, 5.41) is 47.0. The summed E-state index contributed by atoms with van der Waals surface area (Å²) in [6.45, 7) is 3.94. The number of fused-ring (bicyclic) bond motifs is 4. The lowest BCUT2D eigenvalue weighted by Gasteiger charge is -2.50. The van der Waals surface area contributed by atoms with Crippen molar-refractivity contribution < 1.29 is 34.8 Å². The van der Waals surface area contributed by atoms with Crippen LogP contribution in [0.1, 0.15) is 42.9 Å². The number of carbonyl (C=O) groups excluding carboxylic acids is 3. The number of ketones is 2. The zero-order valence-electron chi connectivity index (χ0n) is 23.3. The number of likely N-dealkylation sites (N-methyl/N-ethyl adjacent to an activating group) is 1. The fourth-order valence-electron chi connectivity index (χ4n) is 7.62. The SMILES string of the molecule is C[C@@H]1CCCN1Cc1ccc2cc3c(c(O)c2c1)C(O)=C1C(=O)[C@]2(O)C(O)=C(C(N)=O)C(=O)[C@@H](N(C)C)[C@@H]2C[C@@H]1C3. The molecule has 0 bridgehead atoms. The van der Waals surface area contributed by atoms with Crippen LogP contribution >= 0.6 is 0 Å². The molecule has 41 heavy (non-hydrogen) atoms. The first-order valence-corrected chi connectivity index (χ1v) is 14.0. The summed E-state index contributed by atoms with van der Waals surface area (Å²) in [7, 11) is 3.16. The summed E-state index contributed by atoms with van der Waals surface area (Å²) >= 11 is 0. The van der Waals surface area contributed by atoms with Crippen molar-refractivity contribution >= 4 is 34.0 Å². The van der Waals surface area contributed by atoms with Gasteiger partial charge in [0.05, 0.1) is 11.6 Å². The van der Waals surface area contributed by atoms with Gasteiger partial charge >= 0.3 is 0 Å². The lowest BCUT2D eigenvalue weighted by Crippen LogP contribution is -2.65. The lowest BCUT2D eigenvalue weighted by atomic mass is 9.57. The maximum absolute atomic E-state index is 14.0. The first-order valence-electron chi connectivity index (χ1n) is 14.0. The molecular weight excluding hydrogens is 526 g/mol. The number of aliphatic hydroxyl groups excluding tert-OH is 2. The predicted molar refractivity (Wildman–Crippen MR) is 151 cm³/mol. The Bertz CT molecular complexity index is 1590. The van der Waals surface area contributed by atoms with E-state index < -0.39 is 58.0 Å². The van der Waals surface area contributed by atoms with Gasteiger partial charge in [-0.2, -0.15) is 0 Å². The molecule has 1 aliphatic heterocycles. The van der Waals surface area contributed by atoms with E-state index in [-0.39, 0.29) is 29.7 Å². The van der Waals surface area contributed by atoms with Gasteiger partial charge in [-0.1, -0.05) is 18.2 Å². The number of phenolic OH excluding ortho intramolecular Hbond substituents is 1. The molecule has 10 heteroatoms. The van der Waals surface area contributed by atoms with Crippen LogP contribution in [0.2, 0.25) is 0 Å². The first-order chi connectivity index (χ1) is 19.4. The average molecular weight is 562 g/mol. The van der Waals surface area contributed by atoms with Crippen molar-refractivity contribution in [1.82, 2.24) is 9.80 Å². The highest BCUT2D eigenvalue weighted by atomic mass is 16.3. The first kappa shape index (κ1) is 27.4. The monoisotopic (exact) mass is 561 g/mol. The molecule has 10 nitrogen and oxygen atoms in total. The Morgan fingerprint density at radius 1 is 1.17 bits per heavy atom. The van der Waals surface area contributed by atoms with E-state index >= 15 is 0 Å². The van der Waals surface area contributed by atoms with Gasteiger partial charge in [-0.05, 0) is 81.7 Å². The van der Waals surface area contributed by atoms with Crippen molar-refractivity contribution in [2.24, 2.45) is 17.6 Å². The largest absolute Gasteiger partial charge is 0.508 e. The van der Waals surface area contributed by atoms with Crippen LogP contribution in [-0.4, -0.2) is 86.0 Å². The summed E-state index contributed by atoms with van der Waals surface area (Å²) < 4.78 is 0. The number of Topliss-reactive ketones (excluding diaryl/α,β-unsaturated/α-hetero) is 2. The van der Waals surface area contributed by atoms with Crippen molar-refractivity contribution in [3.63, 3.8) is 0 Å². The third-order valence-corrected chi connectivity index (χ3v) is 9.67. The minimum atomic E-state index is -2.64. The van der Waals surface area contributed by atoms with Crippen molar-refractivity contribution in [1.29, 1.82) is 0 Å². The second-order valence-electron chi connectivity index (χ2n) is 12.2. The number of benzene rings is 2. The van der Waals surface area contributed by atoms with Crippen LogP contribution in [0.5, 0.6) is 5.75 Å². The molecule has 1 heterocycles. The topological polar surface area (TPSA) is 165 Å². The lowest BCUT2D eigenvalue weighted by molar-refractivity contribution is -0.153. The molecule has 6 rings (SSSR count). The Hall–Kier alpha value is -3.73. The third-order valence-electron chi connectivity index (χ3n) is 9.67. The van der Waals surface area contributed by atoms with E-state index in [4.69, 9.17) is 5.73 Å². The molecule has 0 radical (unpaired) electrons. The van der Waals surface area contributed by atoms with E-state index in [1.54, 1.807) is 14.1 Å². The highest BCUT2D eigenvalue weighted by Crippen LogP contribution is 2.53. The third kappa shape index (κ3) is 3.84. The number of hydrogen-bond acceptors (Lipinski definition) is 9. The summed E-state index contributed by atoms with van der Waals surface area (Å²) in [5.74, 6) is -6.43. The molecule has 2 aromatic carbocycles.